The van der Waals surface area contributed by atoms with Crippen molar-refractivity contribution in [1.29, 1.82) is 0 Å². The van der Waals surface area contributed by atoms with Crippen LogP contribution in [0.3, 0.4) is 0 Å². The largest absolute Gasteiger partial charge is 0.368 e. The molecule has 2 fully saturated rings. The SMILES string of the molecule is O=C([C@@H]1CCCN(c2nc3ncccc3n3cccc23)C1)N1CCN(c2cccc(Cl)c2)CC1. The molecule has 0 N–H and O–H groups in total. The summed E-state index contributed by atoms with van der Waals surface area (Å²) in [5.41, 5.74) is 3.90. The van der Waals surface area contributed by atoms with E-state index in [0.717, 1.165) is 78.8 Å². The van der Waals surface area contributed by atoms with Gasteiger partial charge in [-0.15, -0.1) is 0 Å². The molecule has 174 valence electrons. The fraction of sp³-hybridized carbons (Fsp3) is 0.346. The summed E-state index contributed by atoms with van der Waals surface area (Å²) in [5.74, 6) is 1.17. The average Bonchev–Trinajstić information content (AvgIpc) is 3.38. The van der Waals surface area contributed by atoms with Crippen molar-refractivity contribution < 1.29 is 4.79 Å². The maximum atomic E-state index is 13.5. The second kappa shape index (κ2) is 8.80. The summed E-state index contributed by atoms with van der Waals surface area (Å²) in [7, 11) is 0. The van der Waals surface area contributed by atoms with Gasteiger partial charge in [-0.05, 0) is 55.3 Å². The van der Waals surface area contributed by atoms with Gasteiger partial charge in [-0.2, -0.15) is 0 Å². The van der Waals surface area contributed by atoms with Crippen LogP contribution in [-0.2, 0) is 4.79 Å². The van der Waals surface area contributed by atoms with E-state index in [9.17, 15) is 4.79 Å². The van der Waals surface area contributed by atoms with Crippen molar-refractivity contribution >= 4 is 45.7 Å². The molecule has 0 radical (unpaired) electrons. The second-order valence-electron chi connectivity index (χ2n) is 9.12. The van der Waals surface area contributed by atoms with Gasteiger partial charge in [0.05, 0.1) is 17.0 Å². The topological polar surface area (TPSA) is 57.0 Å². The highest BCUT2D eigenvalue weighted by atomic mass is 35.5. The molecule has 3 aromatic heterocycles. The van der Waals surface area contributed by atoms with E-state index < -0.39 is 0 Å². The summed E-state index contributed by atoms with van der Waals surface area (Å²) in [4.78, 5) is 29.5. The van der Waals surface area contributed by atoms with Crippen LogP contribution in [0.2, 0.25) is 5.02 Å². The first-order valence-electron chi connectivity index (χ1n) is 11.9. The van der Waals surface area contributed by atoms with E-state index >= 15 is 0 Å². The van der Waals surface area contributed by atoms with Crippen LogP contribution in [0.15, 0.2) is 60.9 Å². The van der Waals surface area contributed by atoms with Gasteiger partial charge in [0.2, 0.25) is 5.91 Å². The highest BCUT2D eigenvalue weighted by molar-refractivity contribution is 6.30. The van der Waals surface area contributed by atoms with Gasteiger partial charge in [0.1, 0.15) is 0 Å². The summed E-state index contributed by atoms with van der Waals surface area (Å²) in [6.45, 7) is 4.72. The molecule has 1 atom stereocenters. The lowest BCUT2D eigenvalue weighted by molar-refractivity contribution is -0.136. The van der Waals surface area contributed by atoms with Crippen molar-refractivity contribution in [3.63, 3.8) is 0 Å². The number of piperidine rings is 1. The number of hydrogen-bond donors (Lipinski definition) is 0. The second-order valence-corrected chi connectivity index (χ2v) is 9.56. The first-order valence-corrected chi connectivity index (χ1v) is 12.3. The van der Waals surface area contributed by atoms with Gasteiger partial charge in [0.25, 0.3) is 0 Å². The van der Waals surface area contributed by atoms with Crippen LogP contribution in [0, 0.1) is 5.92 Å². The zero-order valence-corrected chi connectivity index (χ0v) is 19.7. The number of fused-ring (bicyclic) bond motifs is 3. The number of halogens is 1. The molecule has 0 bridgehead atoms. The number of pyridine rings is 1. The number of carbonyl (C=O) groups is 1. The van der Waals surface area contributed by atoms with E-state index in [0.29, 0.717) is 6.54 Å². The number of anilines is 2. The van der Waals surface area contributed by atoms with E-state index in [-0.39, 0.29) is 11.8 Å². The van der Waals surface area contributed by atoms with Gasteiger partial charge in [0, 0.05) is 62.4 Å². The predicted octanol–water partition coefficient (Wildman–Crippen LogP) is 4.10. The Morgan fingerprint density at radius 1 is 0.941 bits per heavy atom. The monoisotopic (exact) mass is 474 g/mol. The highest BCUT2D eigenvalue weighted by Gasteiger charge is 2.32. The molecule has 0 aliphatic carbocycles. The molecule has 0 unspecified atom stereocenters. The molecule has 0 saturated carbocycles. The van der Waals surface area contributed by atoms with E-state index in [1.165, 1.54) is 0 Å². The molecule has 7 nitrogen and oxygen atoms in total. The van der Waals surface area contributed by atoms with Crippen molar-refractivity contribution in [3.8, 4) is 0 Å². The summed E-state index contributed by atoms with van der Waals surface area (Å²) in [5, 5.41) is 0.743. The number of nitrogens with zero attached hydrogens (tertiary/aromatic N) is 6. The van der Waals surface area contributed by atoms with E-state index in [4.69, 9.17) is 16.6 Å². The lowest BCUT2D eigenvalue weighted by Gasteiger charge is -2.40. The molecule has 8 heteroatoms. The Hall–Kier alpha value is -3.32. The van der Waals surface area contributed by atoms with Crippen molar-refractivity contribution in [1.82, 2.24) is 19.3 Å². The van der Waals surface area contributed by atoms with Gasteiger partial charge < -0.3 is 19.1 Å². The lowest BCUT2D eigenvalue weighted by Crippen LogP contribution is -2.52. The van der Waals surface area contributed by atoms with Crippen LogP contribution < -0.4 is 9.80 Å². The average molecular weight is 475 g/mol. The van der Waals surface area contributed by atoms with Crippen molar-refractivity contribution in [2.75, 3.05) is 49.1 Å². The quantitative estimate of drug-likeness (QED) is 0.447. The fourth-order valence-corrected chi connectivity index (χ4v) is 5.50. The Morgan fingerprint density at radius 2 is 1.79 bits per heavy atom. The number of carbonyl (C=O) groups excluding carboxylic acids is 1. The van der Waals surface area contributed by atoms with Crippen LogP contribution in [0.4, 0.5) is 11.5 Å². The first-order chi connectivity index (χ1) is 16.7. The third-order valence-corrected chi connectivity index (χ3v) is 7.29. The maximum absolute atomic E-state index is 13.5. The van der Waals surface area contributed by atoms with Crippen LogP contribution >= 0.6 is 11.6 Å². The Bertz CT molecular complexity index is 1350. The molecule has 1 amide bonds. The maximum Gasteiger partial charge on any atom is 0.227 e. The fourth-order valence-electron chi connectivity index (χ4n) is 5.31. The lowest BCUT2D eigenvalue weighted by atomic mass is 9.96. The summed E-state index contributed by atoms with van der Waals surface area (Å²) in [6, 6.07) is 16.0. The first kappa shape index (κ1) is 21.2. The number of benzene rings is 1. The van der Waals surface area contributed by atoms with E-state index in [1.807, 2.05) is 41.3 Å². The molecule has 2 saturated heterocycles. The summed E-state index contributed by atoms with van der Waals surface area (Å²) in [6.07, 6.45) is 5.73. The molecule has 2 aliphatic heterocycles. The number of hydrogen-bond acceptors (Lipinski definition) is 5. The Kier molecular flexibility index (Phi) is 5.49. The number of rotatable bonds is 3. The Balaban J connectivity index is 1.18. The zero-order valence-electron chi connectivity index (χ0n) is 19.0. The van der Waals surface area contributed by atoms with Crippen LogP contribution in [0.25, 0.3) is 16.7 Å². The van der Waals surface area contributed by atoms with Crippen molar-refractivity contribution in [3.05, 3.63) is 65.9 Å². The highest BCUT2D eigenvalue weighted by Crippen LogP contribution is 2.29. The van der Waals surface area contributed by atoms with Crippen molar-refractivity contribution in [2.45, 2.75) is 12.8 Å². The summed E-state index contributed by atoms with van der Waals surface area (Å²) < 4.78 is 2.14. The van der Waals surface area contributed by atoms with Crippen LogP contribution in [0.1, 0.15) is 12.8 Å². The number of aromatic nitrogens is 3. The minimum absolute atomic E-state index is 0.0114. The molecule has 34 heavy (non-hydrogen) atoms. The molecule has 6 rings (SSSR count). The smallest absolute Gasteiger partial charge is 0.227 e. The van der Waals surface area contributed by atoms with Crippen LogP contribution in [0.5, 0.6) is 0 Å². The van der Waals surface area contributed by atoms with Gasteiger partial charge in [0.15, 0.2) is 11.5 Å². The van der Waals surface area contributed by atoms with E-state index in [1.54, 1.807) is 6.20 Å². The third-order valence-electron chi connectivity index (χ3n) is 7.05. The van der Waals surface area contributed by atoms with Gasteiger partial charge in [-0.3, -0.25) is 4.79 Å². The predicted molar refractivity (Wildman–Crippen MR) is 136 cm³/mol. The summed E-state index contributed by atoms with van der Waals surface area (Å²) >= 11 is 6.16. The molecule has 5 heterocycles. The molecule has 4 aromatic rings. The molecule has 1 aromatic carbocycles. The molecule has 0 spiro atoms. The minimum Gasteiger partial charge on any atom is -0.368 e. The van der Waals surface area contributed by atoms with E-state index in [2.05, 4.69) is 37.5 Å². The van der Waals surface area contributed by atoms with Gasteiger partial charge >= 0.3 is 0 Å². The minimum atomic E-state index is -0.0114. The zero-order chi connectivity index (χ0) is 23.1. The van der Waals surface area contributed by atoms with Crippen molar-refractivity contribution in [2.24, 2.45) is 5.92 Å². The normalized spacial score (nSPS) is 19.2. The van der Waals surface area contributed by atoms with Gasteiger partial charge in [-0.25, -0.2) is 9.97 Å². The molecule has 2 aliphatic rings. The Labute approximate surface area is 203 Å². The standard InChI is InChI=1S/C26H27ClN6O/c27-20-6-1-7-21(17-20)30-13-15-31(16-14-30)26(34)19-5-3-11-32(18-19)25-23-9-4-12-33(23)22-8-2-10-28-24(22)29-25/h1-2,4,6-10,12,17,19H,3,5,11,13-16,18H2/t19-/m1/s1. The Morgan fingerprint density at radius 3 is 2.65 bits per heavy atom. The van der Waals surface area contributed by atoms with Crippen LogP contribution in [-0.4, -0.2) is 64.4 Å². The molecular weight excluding hydrogens is 448 g/mol. The molecular formula is C26H27ClN6O. The van der Waals surface area contributed by atoms with Gasteiger partial charge in [-0.1, -0.05) is 17.7 Å². The number of piperazine rings is 1. The third kappa shape index (κ3) is 3.84. The number of amides is 1.